The van der Waals surface area contributed by atoms with Gasteiger partial charge in [0.05, 0.1) is 7.11 Å². The fourth-order valence-electron chi connectivity index (χ4n) is 1.58. The first-order valence-corrected chi connectivity index (χ1v) is 3.81. The summed E-state index contributed by atoms with van der Waals surface area (Å²) >= 11 is 0. The summed E-state index contributed by atoms with van der Waals surface area (Å²) in [6.45, 7) is 0. The van der Waals surface area contributed by atoms with Crippen LogP contribution in [0.2, 0.25) is 0 Å². The van der Waals surface area contributed by atoms with E-state index in [4.69, 9.17) is 5.84 Å². The highest BCUT2D eigenvalue weighted by Gasteiger charge is 2.41. The lowest BCUT2D eigenvalue weighted by molar-refractivity contribution is -0.148. The minimum absolute atomic E-state index is 0.238. The van der Waals surface area contributed by atoms with E-state index >= 15 is 0 Å². The second-order valence-corrected chi connectivity index (χ2v) is 2.93. The Morgan fingerprint density at radius 3 is 2.45 bits per heavy atom. The van der Waals surface area contributed by atoms with Gasteiger partial charge in [-0.2, -0.15) is 0 Å². The molecule has 0 bridgehead atoms. The van der Waals surface area contributed by atoms with Crippen LogP contribution in [-0.2, 0) is 9.53 Å². The minimum Gasteiger partial charge on any atom is -0.468 e. The van der Waals surface area contributed by atoms with Gasteiger partial charge in [-0.3, -0.25) is 10.6 Å². The zero-order valence-corrected chi connectivity index (χ0v) is 6.72. The van der Waals surface area contributed by atoms with E-state index in [2.05, 4.69) is 10.2 Å². The molecule has 4 nitrogen and oxygen atoms in total. The van der Waals surface area contributed by atoms with E-state index in [9.17, 15) is 4.79 Å². The topological polar surface area (TPSA) is 64.3 Å². The Balaban J connectivity index is 2.66. The van der Waals surface area contributed by atoms with E-state index in [1.807, 2.05) is 0 Å². The van der Waals surface area contributed by atoms with E-state index < -0.39 is 5.54 Å². The second kappa shape index (κ2) is 3.19. The molecule has 0 radical (unpaired) electrons. The standard InChI is InChI=1S/C7H14N2O2/c1-11-6(10)7(9-8)4-2-3-5-7/h9H,2-5,8H2,1H3. The van der Waals surface area contributed by atoms with Gasteiger partial charge >= 0.3 is 5.97 Å². The molecular weight excluding hydrogens is 144 g/mol. The van der Waals surface area contributed by atoms with Gasteiger partial charge in [-0.15, -0.1) is 0 Å². The van der Waals surface area contributed by atoms with Crippen molar-refractivity contribution in [3.05, 3.63) is 0 Å². The number of nitrogens with one attached hydrogen (secondary N) is 1. The molecular formula is C7H14N2O2. The smallest absolute Gasteiger partial charge is 0.327 e. The molecule has 1 fully saturated rings. The Labute approximate surface area is 66.1 Å². The molecule has 1 saturated carbocycles. The van der Waals surface area contributed by atoms with Gasteiger partial charge in [0.1, 0.15) is 5.54 Å². The summed E-state index contributed by atoms with van der Waals surface area (Å²) in [5, 5.41) is 0. The molecule has 0 aromatic carbocycles. The first-order valence-electron chi connectivity index (χ1n) is 3.81. The van der Waals surface area contributed by atoms with E-state index in [-0.39, 0.29) is 5.97 Å². The first kappa shape index (κ1) is 8.49. The molecule has 0 spiro atoms. The van der Waals surface area contributed by atoms with E-state index in [1.165, 1.54) is 7.11 Å². The molecule has 0 aromatic heterocycles. The van der Waals surface area contributed by atoms with Gasteiger partial charge in [0.15, 0.2) is 0 Å². The Kier molecular flexibility index (Phi) is 2.46. The van der Waals surface area contributed by atoms with Gasteiger partial charge in [0.25, 0.3) is 0 Å². The van der Waals surface area contributed by atoms with Crippen LogP contribution in [0.15, 0.2) is 0 Å². The summed E-state index contributed by atoms with van der Waals surface area (Å²) in [6.07, 6.45) is 3.66. The molecule has 0 aromatic rings. The molecule has 1 aliphatic rings. The van der Waals surface area contributed by atoms with Gasteiger partial charge in [0, 0.05) is 0 Å². The van der Waals surface area contributed by atoms with Crippen LogP contribution in [0.3, 0.4) is 0 Å². The summed E-state index contributed by atoms with van der Waals surface area (Å²) in [4.78, 5) is 11.2. The molecule has 1 aliphatic carbocycles. The Bertz CT molecular complexity index is 153. The van der Waals surface area contributed by atoms with Crippen molar-refractivity contribution in [3.8, 4) is 0 Å². The second-order valence-electron chi connectivity index (χ2n) is 2.93. The highest BCUT2D eigenvalue weighted by atomic mass is 16.5. The number of hydrazine groups is 1. The maximum Gasteiger partial charge on any atom is 0.327 e. The number of hydrogen-bond donors (Lipinski definition) is 2. The number of rotatable bonds is 2. The van der Waals surface area contributed by atoms with Crippen LogP contribution in [0.1, 0.15) is 25.7 Å². The van der Waals surface area contributed by atoms with Crippen molar-refractivity contribution in [2.75, 3.05) is 7.11 Å². The van der Waals surface area contributed by atoms with Crippen molar-refractivity contribution < 1.29 is 9.53 Å². The third-order valence-electron chi connectivity index (χ3n) is 2.31. The van der Waals surface area contributed by atoms with Gasteiger partial charge in [-0.05, 0) is 12.8 Å². The highest BCUT2D eigenvalue weighted by Crippen LogP contribution is 2.29. The average Bonchev–Trinajstić information content (AvgIpc) is 2.52. The Morgan fingerprint density at radius 2 is 2.09 bits per heavy atom. The minimum atomic E-state index is -0.589. The predicted molar refractivity (Wildman–Crippen MR) is 40.5 cm³/mol. The molecule has 0 amide bonds. The fraction of sp³-hybridized carbons (Fsp3) is 0.857. The summed E-state index contributed by atoms with van der Waals surface area (Å²) in [5.74, 6) is 5.06. The van der Waals surface area contributed by atoms with Crippen LogP contribution < -0.4 is 11.3 Å². The van der Waals surface area contributed by atoms with E-state index in [0.29, 0.717) is 0 Å². The van der Waals surface area contributed by atoms with E-state index in [0.717, 1.165) is 25.7 Å². The lowest BCUT2D eigenvalue weighted by Gasteiger charge is -2.24. The number of ether oxygens (including phenoxy) is 1. The first-order chi connectivity index (χ1) is 5.25. The largest absolute Gasteiger partial charge is 0.468 e. The molecule has 11 heavy (non-hydrogen) atoms. The molecule has 0 aliphatic heterocycles. The van der Waals surface area contributed by atoms with Crippen LogP contribution in [0.5, 0.6) is 0 Å². The molecule has 0 heterocycles. The monoisotopic (exact) mass is 158 g/mol. The maximum atomic E-state index is 11.2. The van der Waals surface area contributed by atoms with Crippen LogP contribution in [0.4, 0.5) is 0 Å². The van der Waals surface area contributed by atoms with Crippen LogP contribution in [0, 0.1) is 0 Å². The van der Waals surface area contributed by atoms with Crippen molar-refractivity contribution in [1.82, 2.24) is 5.43 Å². The number of nitrogens with two attached hydrogens (primary N) is 1. The highest BCUT2D eigenvalue weighted by molar-refractivity contribution is 5.81. The Morgan fingerprint density at radius 1 is 1.55 bits per heavy atom. The molecule has 0 unspecified atom stereocenters. The van der Waals surface area contributed by atoms with Gasteiger partial charge in [-0.25, -0.2) is 5.43 Å². The van der Waals surface area contributed by atoms with Crippen LogP contribution in [-0.4, -0.2) is 18.6 Å². The zero-order valence-electron chi connectivity index (χ0n) is 6.72. The van der Waals surface area contributed by atoms with Crippen molar-refractivity contribution in [3.63, 3.8) is 0 Å². The normalized spacial score (nSPS) is 21.6. The predicted octanol–water partition coefficient (Wildman–Crippen LogP) is -0.0645. The van der Waals surface area contributed by atoms with Gasteiger partial charge in [-0.1, -0.05) is 12.8 Å². The average molecular weight is 158 g/mol. The number of carbonyl (C=O) groups excluding carboxylic acids is 1. The summed E-state index contributed by atoms with van der Waals surface area (Å²) < 4.78 is 4.65. The summed E-state index contributed by atoms with van der Waals surface area (Å²) in [5.41, 5.74) is 1.97. The number of methoxy groups -OCH3 is 1. The lowest BCUT2D eigenvalue weighted by atomic mass is 9.99. The number of carbonyl (C=O) groups is 1. The number of esters is 1. The van der Waals surface area contributed by atoms with Crippen molar-refractivity contribution in [2.24, 2.45) is 5.84 Å². The molecule has 1 rings (SSSR count). The third kappa shape index (κ3) is 1.36. The molecule has 64 valence electrons. The van der Waals surface area contributed by atoms with Crippen molar-refractivity contribution in [1.29, 1.82) is 0 Å². The molecule has 0 saturated heterocycles. The molecule has 0 atom stereocenters. The van der Waals surface area contributed by atoms with Crippen LogP contribution in [0.25, 0.3) is 0 Å². The Hall–Kier alpha value is -0.610. The maximum absolute atomic E-state index is 11.2. The van der Waals surface area contributed by atoms with Crippen LogP contribution >= 0.6 is 0 Å². The summed E-state index contributed by atoms with van der Waals surface area (Å²) in [6, 6.07) is 0. The summed E-state index contributed by atoms with van der Waals surface area (Å²) in [7, 11) is 1.39. The van der Waals surface area contributed by atoms with Crippen molar-refractivity contribution in [2.45, 2.75) is 31.2 Å². The third-order valence-corrected chi connectivity index (χ3v) is 2.31. The SMILES string of the molecule is COC(=O)C1(NN)CCCC1. The molecule has 4 heteroatoms. The van der Waals surface area contributed by atoms with E-state index in [1.54, 1.807) is 0 Å². The van der Waals surface area contributed by atoms with Crippen molar-refractivity contribution >= 4 is 5.97 Å². The van der Waals surface area contributed by atoms with Gasteiger partial charge in [0.2, 0.25) is 0 Å². The number of hydrogen-bond acceptors (Lipinski definition) is 4. The van der Waals surface area contributed by atoms with Gasteiger partial charge < -0.3 is 4.74 Å². The fourth-order valence-corrected chi connectivity index (χ4v) is 1.58. The zero-order chi connectivity index (χ0) is 8.32. The quantitative estimate of drug-likeness (QED) is 0.335. The molecule has 3 N–H and O–H groups in total. The lowest BCUT2D eigenvalue weighted by Crippen LogP contribution is -2.53.